The van der Waals surface area contributed by atoms with E-state index in [1.807, 2.05) is 62.4 Å². The molecule has 2 aromatic carbocycles. The van der Waals surface area contributed by atoms with Crippen LogP contribution in [0.5, 0.6) is 0 Å². The van der Waals surface area contributed by atoms with Gasteiger partial charge in [0.15, 0.2) is 0 Å². The van der Waals surface area contributed by atoms with E-state index in [1.165, 1.54) is 15.6 Å². The van der Waals surface area contributed by atoms with Crippen molar-refractivity contribution in [2.24, 2.45) is 5.92 Å². The SMILES string of the molecule is C[C@@H]1CN([C@H](C)CO)C(=O)c2ccccc2-c2ccccc2CO[C@@H]1CN(C)S(=O)(=O)c1ccsc1. The van der Waals surface area contributed by atoms with Crippen molar-refractivity contribution in [3.05, 3.63) is 76.5 Å². The minimum Gasteiger partial charge on any atom is -0.394 e. The summed E-state index contributed by atoms with van der Waals surface area (Å²) in [7, 11) is -2.12. The van der Waals surface area contributed by atoms with Crippen LogP contribution in [0.15, 0.2) is 70.3 Å². The number of sulfonamides is 1. The number of amides is 1. The number of hydrogen-bond donors (Lipinski definition) is 1. The fourth-order valence-electron chi connectivity index (χ4n) is 4.48. The molecule has 0 bridgehead atoms. The van der Waals surface area contributed by atoms with E-state index in [2.05, 4.69) is 0 Å². The lowest BCUT2D eigenvalue weighted by molar-refractivity contribution is -0.0146. The summed E-state index contributed by atoms with van der Waals surface area (Å²) in [6.07, 6.45) is -0.487. The highest BCUT2D eigenvalue weighted by molar-refractivity contribution is 7.89. The van der Waals surface area contributed by atoms with Crippen LogP contribution in [0.3, 0.4) is 0 Å². The molecule has 192 valence electrons. The Bertz CT molecular complexity index is 1290. The second-order valence-electron chi connectivity index (χ2n) is 9.26. The van der Waals surface area contributed by atoms with Crippen LogP contribution in [0, 0.1) is 5.92 Å². The Morgan fingerprint density at radius 2 is 1.78 bits per heavy atom. The molecule has 7 nitrogen and oxygen atoms in total. The topological polar surface area (TPSA) is 87.2 Å². The maximum atomic E-state index is 13.8. The highest BCUT2D eigenvalue weighted by atomic mass is 32.2. The number of carbonyl (C=O) groups excluding carboxylic acids is 1. The van der Waals surface area contributed by atoms with Gasteiger partial charge in [0, 0.05) is 37.0 Å². The molecule has 0 spiro atoms. The van der Waals surface area contributed by atoms with Gasteiger partial charge in [-0.3, -0.25) is 4.79 Å². The normalized spacial score (nSPS) is 19.9. The fraction of sp³-hybridized carbons (Fsp3) is 0.370. The largest absolute Gasteiger partial charge is 0.394 e. The number of ether oxygens (including phenoxy) is 1. The van der Waals surface area contributed by atoms with Gasteiger partial charge in [-0.15, -0.1) is 0 Å². The maximum Gasteiger partial charge on any atom is 0.254 e. The number of carbonyl (C=O) groups is 1. The number of hydrogen-bond acceptors (Lipinski definition) is 6. The van der Waals surface area contributed by atoms with E-state index in [-0.39, 0.29) is 36.5 Å². The second-order valence-corrected chi connectivity index (χ2v) is 12.1. The third-order valence-corrected chi connectivity index (χ3v) is 9.39. The molecule has 9 heteroatoms. The number of aliphatic hydroxyl groups excluding tert-OH is 1. The van der Waals surface area contributed by atoms with Crippen molar-refractivity contribution in [2.45, 2.75) is 37.5 Å². The van der Waals surface area contributed by atoms with Gasteiger partial charge in [0.25, 0.3) is 5.91 Å². The first kappa shape index (κ1) is 26.5. The third kappa shape index (κ3) is 5.40. The fourth-order valence-corrected chi connectivity index (χ4v) is 6.68. The van der Waals surface area contributed by atoms with Gasteiger partial charge in [0.05, 0.1) is 30.3 Å². The zero-order chi connectivity index (χ0) is 25.9. The zero-order valence-corrected chi connectivity index (χ0v) is 22.3. The van der Waals surface area contributed by atoms with Crippen molar-refractivity contribution in [1.29, 1.82) is 0 Å². The molecular formula is C27H32N2O5S2. The van der Waals surface area contributed by atoms with Crippen LogP contribution in [0.2, 0.25) is 0 Å². The van der Waals surface area contributed by atoms with Gasteiger partial charge in [-0.2, -0.15) is 15.6 Å². The molecule has 0 saturated heterocycles. The first-order valence-corrected chi connectivity index (χ1v) is 14.3. The summed E-state index contributed by atoms with van der Waals surface area (Å²) < 4.78 is 33.9. The van der Waals surface area contributed by atoms with Gasteiger partial charge >= 0.3 is 0 Å². The number of likely N-dealkylation sites (N-methyl/N-ethyl adjacent to an activating group) is 1. The average molecular weight is 529 g/mol. The minimum absolute atomic E-state index is 0.129. The second kappa shape index (κ2) is 11.2. The van der Waals surface area contributed by atoms with Crippen LogP contribution in [0.1, 0.15) is 29.8 Å². The highest BCUT2D eigenvalue weighted by Gasteiger charge is 2.32. The predicted molar refractivity (Wildman–Crippen MR) is 141 cm³/mol. The summed E-state index contributed by atoms with van der Waals surface area (Å²) in [4.78, 5) is 15.8. The number of thiophene rings is 1. The van der Waals surface area contributed by atoms with E-state index in [4.69, 9.17) is 4.74 Å². The lowest BCUT2D eigenvalue weighted by Crippen LogP contribution is -2.47. The van der Waals surface area contributed by atoms with E-state index in [0.29, 0.717) is 12.1 Å². The molecule has 0 fully saturated rings. The number of fused-ring (bicyclic) bond motifs is 3. The molecule has 0 unspecified atom stereocenters. The summed E-state index contributed by atoms with van der Waals surface area (Å²) in [5, 5.41) is 13.3. The Labute approximate surface area is 217 Å². The Balaban J connectivity index is 1.74. The Morgan fingerprint density at radius 1 is 1.11 bits per heavy atom. The molecule has 4 rings (SSSR count). The number of aliphatic hydroxyl groups is 1. The lowest BCUT2D eigenvalue weighted by Gasteiger charge is -2.34. The number of nitrogens with zero attached hydrogens (tertiary/aromatic N) is 2. The number of rotatable bonds is 6. The van der Waals surface area contributed by atoms with Gasteiger partial charge in [-0.25, -0.2) is 8.42 Å². The predicted octanol–water partition coefficient (Wildman–Crippen LogP) is 4.09. The number of benzene rings is 2. The third-order valence-electron chi connectivity index (χ3n) is 6.73. The molecule has 0 radical (unpaired) electrons. The highest BCUT2D eigenvalue weighted by Crippen LogP contribution is 2.31. The molecule has 1 aliphatic rings. The lowest BCUT2D eigenvalue weighted by atomic mass is 9.94. The van der Waals surface area contributed by atoms with Crippen molar-refractivity contribution in [3.63, 3.8) is 0 Å². The van der Waals surface area contributed by atoms with Crippen molar-refractivity contribution < 1.29 is 23.1 Å². The first-order valence-electron chi connectivity index (χ1n) is 11.9. The quantitative estimate of drug-likeness (QED) is 0.521. The van der Waals surface area contributed by atoms with E-state index >= 15 is 0 Å². The van der Waals surface area contributed by atoms with Crippen LogP contribution >= 0.6 is 11.3 Å². The molecule has 36 heavy (non-hydrogen) atoms. The summed E-state index contributed by atoms with van der Waals surface area (Å²) in [6.45, 7) is 4.29. The van der Waals surface area contributed by atoms with Crippen molar-refractivity contribution in [1.82, 2.24) is 9.21 Å². The van der Waals surface area contributed by atoms with Gasteiger partial charge in [-0.1, -0.05) is 49.4 Å². The van der Waals surface area contributed by atoms with Crippen molar-refractivity contribution >= 4 is 27.3 Å². The van der Waals surface area contributed by atoms with E-state index in [9.17, 15) is 18.3 Å². The van der Waals surface area contributed by atoms with Crippen LogP contribution in [-0.2, 0) is 21.4 Å². The smallest absolute Gasteiger partial charge is 0.254 e. The van der Waals surface area contributed by atoms with Gasteiger partial charge < -0.3 is 14.7 Å². The van der Waals surface area contributed by atoms with E-state index < -0.39 is 22.2 Å². The molecule has 1 amide bonds. The maximum absolute atomic E-state index is 13.8. The summed E-state index contributed by atoms with van der Waals surface area (Å²) in [5.41, 5.74) is 3.18. The first-order chi connectivity index (χ1) is 17.2. The van der Waals surface area contributed by atoms with Crippen LogP contribution in [0.25, 0.3) is 11.1 Å². The molecule has 0 aliphatic carbocycles. The van der Waals surface area contributed by atoms with Gasteiger partial charge in [0.1, 0.15) is 0 Å². The van der Waals surface area contributed by atoms with Gasteiger partial charge in [-0.05, 0) is 41.1 Å². The summed E-state index contributed by atoms with van der Waals surface area (Å²) in [5.74, 6) is -0.380. The summed E-state index contributed by atoms with van der Waals surface area (Å²) in [6, 6.07) is 16.4. The van der Waals surface area contributed by atoms with Crippen molar-refractivity contribution in [2.75, 3.05) is 26.7 Å². The van der Waals surface area contributed by atoms with E-state index in [1.54, 1.807) is 28.8 Å². The van der Waals surface area contributed by atoms with Crippen LogP contribution < -0.4 is 0 Å². The molecule has 1 N–H and O–H groups in total. The molecular weight excluding hydrogens is 496 g/mol. The van der Waals surface area contributed by atoms with E-state index in [0.717, 1.165) is 16.7 Å². The molecule has 1 aromatic heterocycles. The molecule has 0 saturated carbocycles. The Kier molecular flexibility index (Phi) is 8.27. The standard InChI is InChI=1S/C27H32N2O5S2/c1-19-14-29(20(2)16-30)27(31)25-11-7-6-10-24(25)23-9-5-4-8-21(23)17-34-26(19)15-28(3)36(32,33)22-12-13-35-18-22/h4-13,18-20,26,30H,14-17H2,1-3H3/t19-,20-,26-/m1/s1. The van der Waals surface area contributed by atoms with Gasteiger partial charge in [0.2, 0.25) is 10.0 Å². The average Bonchev–Trinajstić information content (AvgIpc) is 3.44. The zero-order valence-electron chi connectivity index (χ0n) is 20.7. The molecule has 3 aromatic rings. The van der Waals surface area contributed by atoms with Crippen molar-refractivity contribution in [3.8, 4) is 11.1 Å². The monoisotopic (exact) mass is 528 g/mol. The molecule has 2 heterocycles. The Hall–Kier alpha value is -2.56. The summed E-state index contributed by atoms with van der Waals surface area (Å²) >= 11 is 1.33. The molecule has 1 aliphatic heterocycles. The van der Waals surface area contributed by atoms with Crippen LogP contribution in [-0.4, -0.2) is 67.5 Å². The molecule has 3 atom stereocenters. The Morgan fingerprint density at radius 3 is 2.44 bits per heavy atom. The minimum atomic E-state index is -3.67. The van der Waals surface area contributed by atoms with Crippen LogP contribution in [0.4, 0.5) is 0 Å².